The van der Waals surface area contributed by atoms with Gasteiger partial charge >= 0.3 is 0 Å². The number of benzene rings is 1. The molecular weight excluding hydrogens is 230 g/mol. The minimum Gasteiger partial charge on any atom is -0.281 e. The van der Waals surface area contributed by atoms with E-state index in [0.717, 1.165) is 0 Å². The fraction of sp³-hybridized carbons (Fsp3) is 0.111. The molecule has 0 saturated carbocycles. The summed E-state index contributed by atoms with van der Waals surface area (Å²) < 4.78 is 26.9. The van der Waals surface area contributed by atoms with Gasteiger partial charge in [0.1, 0.15) is 10.4 Å². The second kappa shape index (κ2) is 4.22. The van der Waals surface area contributed by atoms with E-state index in [9.17, 15) is 9.11 Å². The predicted molar refractivity (Wildman–Crippen MR) is 61.1 cm³/mol. The van der Waals surface area contributed by atoms with Crippen LogP contribution in [0.1, 0.15) is 0 Å². The molecule has 2 rings (SSSR count). The van der Waals surface area contributed by atoms with E-state index in [1.165, 1.54) is 6.08 Å². The Morgan fingerprint density at radius 1 is 1.44 bits per heavy atom. The summed E-state index contributed by atoms with van der Waals surface area (Å²) in [6.07, 6.45) is 1.54. The Balaban J connectivity index is 2.45. The Hall–Kier alpha value is -1.41. The number of nitrogens with one attached hydrogen (secondary N) is 1. The van der Waals surface area contributed by atoms with E-state index < -0.39 is 10.8 Å². The van der Waals surface area contributed by atoms with Gasteiger partial charge in [-0.1, -0.05) is 12.1 Å². The van der Waals surface area contributed by atoms with Gasteiger partial charge in [-0.05, 0) is 22.4 Å². The van der Waals surface area contributed by atoms with E-state index in [1.807, 2.05) is 0 Å². The van der Waals surface area contributed by atoms with Crippen molar-refractivity contribution in [3.8, 4) is 0 Å². The van der Waals surface area contributed by atoms with Gasteiger partial charge in [0.2, 0.25) is 0 Å². The monoisotopic (exact) mass is 241 g/mol. The van der Waals surface area contributed by atoms with Crippen molar-refractivity contribution in [3.63, 3.8) is 0 Å². The Bertz CT molecular complexity index is 511. The number of hydrogen-bond acceptors (Lipinski definition) is 6. The average molecular weight is 241 g/mol. The third-order valence-electron chi connectivity index (χ3n) is 1.98. The van der Waals surface area contributed by atoms with Crippen LogP contribution >= 0.6 is 10.8 Å². The van der Waals surface area contributed by atoms with Crippen molar-refractivity contribution in [1.29, 1.82) is 0 Å². The molecule has 0 bridgehead atoms. The van der Waals surface area contributed by atoms with Gasteiger partial charge in [0.25, 0.3) is 0 Å². The second-order valence-electron chi connectivity index (χ2n) is 3.07. The Labute approximate surface area is 93.4 Å². The van der Waals surface area contributed by atoms with Crippen molar-refractivity contribution in [2.75, 3.05) is 6.54 Å². The van der Waals surface area contributed by atoms with E-state index in [1.54, 1.807) is 18.2 Å². The van der Waals surface area contributed by atoms with Gasteiger partial charge in [0.05, 0.1) is 0 Å². The normalized spacial score (nSPS) is 12.9. The van der Waals surface area contributed by atoms with Gasteiger partial charge in [-0.3, -0.25) is 9.11 Å². The predicted octanol–water partition coefficient (Wildman–Crippen LogP) is 2.02. The molecular formula is C9H11N3O3S. The summed E-state index contributed by atoms with van der Waals surface area (Å²) in [5.41, 5.74) is 0.831. The highest BCUT2D eigenvalue weighted by Gasteiger charge is 2.19. The minimum atomic E-state index is -3.10. The molecule has 0 amide bonds. The number of fused-ring (bicyclic) bond motifs is 1. The van der Waals surface area contributed by atoms with Crippen LogP contribution < -0.4 is 4.72 Å². The van der Waals surface area contributed by atoms with Gasteiger partial charge in [0, 0.05) is 6.54 Å². The van der Waals surface area contributed by atoms with E-state index in [0.29, 0.717) is 11.0 Å². The van der Waals surface area contributed by atoms with Crippen LogP contribution in [0, 0.1) is 0 Å². The zero-order chi connectivity index (χ0) is 11.6. The lowest BCUT2D eigenvalue weighted by Crippen LogP contribution is -2.20. The van der Waals surface area contributed by atoms with Crippen LogP contribution in [0.5, 0.6) is 0 Å². The standard InChI is InChI=1S/C9H11N3O3S/c1-2-6-10-16(13,14)8-5-3-4-7-9(8)12-15-11-7/h2-5,10,13-14H,1,6H2. The van der Waals surface area contributed by atoms with Crippen molar-refractivity contribution in [1.82, 2.24) is 15.0 Å². The molecule has 86 valence electrons. The van der Waals surface area contributed by atoms with Crippen LogP contribution in [-0.2, 0) is 0 Å². The summed E-state index contributed by atoms with van der Waals surface area (Å²) in [5, 5.41) is 7.27. The molecule has 3 N–H and O–H groups in total. The van der Waals surface area contributed by atoms with Gasteiger partial charge in [-0.2, -0.15) is 0 Å². The lowest BCUT2D eigenvalue weighted by atomic mass is 10.3. The molecule has 16 heavy (non-hydrogen) atoms. The second-order valence-corrected chi connectivity index (χ2v) is 4.90. The van der Waals surface area contributed by atoms with E-state index in [4.69, 9.17) is 0 Å². The topological polar surface area (TPSA) is 91.4 Å². The number of aromatic nitrogens is 2. The highest BCUT2D eigenvalue weighted by atomic mass is 32.3. The molecule has 0 fully saturated rings. The first-order valence-electron chi connectivity index (χ1n) is 4.50. The molecule has 2 aromatic rings. The zero-order valence-electron chi connectivity index (χ0n) is 8.33. The first-order chi connectivity index (χ1) is 7.65. The molecule has 1 heterocycles. The third kappa shape index (κ3) is 1.93. The molecule has 0 aliphatic carbocycles. The molecule has 0 spiro atoms. The lowest BCUT2D eigenvalue weighted by molar-refractivity contribution is 0.315. The molecule has 7 heteroatoms. The van der Waals surface area contributed by atoms with Crippen LogP contribution in [0.15, 0.2) is 40.4 Å². The smallest absolute Gasteiger partial charge is 0.159 e. The largest absolute Gasteiger partial charge is 0.281 e. The molecule has 0 unspecified atom stereocenters. The maximum atomic E-state index is 9.90. The van der Waals surface area contributed by atoms with Crippen molar-refractivity contribution in [2.24, 2.45) is 0 Å². The van der Waals surface area contributed by atoms with Crippen LogP contribution in [0.3, 0.4) is 0 Å². The van der Waals surface area contributed by atoms with Crippen molar-refractivity contribution < 1.29 is 13.7 Å². The van der Waals surface area contributed by atoms with Gasteiger partial charge in [0.15, 0.2) is 5.52 Å². The van der Waals surface area contributed by atoms with Crippen LogP contribution in [0.4, 0.5) is 0 Å². The summed E-state index contributed by atoms with van der Waals surface area (Å²) in [6, 6.07) is 4.90. The Morgan fingerprint density at radius 3 is 3.00 bits per heavy atom. The molecule has 0 aliphatic heterocycles. The van der Waals surface area contributed by atoms with Crippen molar-refractivity contribution >= 4 is 21.8 Å². The van der Waals surface area contributed by atoms with Gasteiger partial charge in [-0.15, -0.1) is 17.4 Å². The Kier molecular flexibility index (Phi) is 2.92. The SMILES string of the molecule is C=CCNS(O)(O)c1cccc2nonc12. The van der Waals surface area contributed by atoms with E-state index in [2.05, 4.69) is 26.2 Å². The zero-order valence-corrected chi connectivity index (χ0v) is 9.15. The maximum absolute atomic E-state index is 9.90. The Morgan fingerprint density at radius 2 is 2.25 bits per heavy atom. The first-order valence-corrected chi connectivity index (χ1v) is 6.05. The molecule has 0 saturated heterocycles. The average Bonchev–Trinajstić information content (AvgIpc) is 2.73. The molecule has 1 aromatic carbocycles. The fourth-order valence-corrected chi connectivity index (χ4v) is 2.45. The van der Waals surface area contributed by atoms with Crippen LogP contribution in [0.2, 0.25) is 0 Å². The maximum Gasteiger partial charge on any atom is 0.159 e. The van der Waals surface area contributed by atoms with E-state index in [-0.39, 0.29) is 11.4 Å². The summed E-state index contributed by atoms with van der Waals surface area (Å²) in [7, 11) is -3.10. The molecule has 6 nitrogen and oxygen atoms in total. The fourth-order valence-electron chi connectivity index (χ4n) is 1.26. The quantitative estimate of drug-likeness (QED) is 0.709. The van der Waals surface area contributed by atoms with Gasteiger partial charge < -0.3 is 0 Å². The summed E-state index contributed by atoms with van der Waals surface area (Å²) in [6.45, 7) is 3.77. The van der Waals surface area contributed by atoms with Crippen LogP contribution in [-0.4, -0.2) is 26.0 Å². The summed E-state index contributed by atoms with van der Waals surface area (Å²) in [4.78, 5) is 0.271. The molecule has 0 aliphatic rings. The first kappa shape index (κ1) is 11.1. The summed E-state index contributed by atoms with van der Waals surface area (Å²) in [5.74, 6) is 0. The number of hydrogen-bond donors (Lipinski definition) is 3. The highest BCUT2D eigenvalue weighted by molar-refractivity contribution is 8.22. The molecule has 0 radical (unpaired) electrons. The number of nitrogens with zero attached hydrogens (tertiary/aromatic N) is 2. The summed E-state index contributed by atoms with van der Waals surface area (Å²) >= 11 is 0. The van der Waals surface area contributed by atoms with Crippen LogP contribution in [0.25, 0.3) is 11.0 Å². The lowest BCUT2D eigenvalue weighted by Gasteiger charge is -2.32. The third-order valence-corrected chi connectivity index (χ3v) is 3.50. The van der Waals surface area contributed by atoms with Crippen molar-refractivity contribution in [2.45, 2.75) is 4.90 Å². The molecule has 1 aromatic heterocycles. The molecule has 0 atom stereocenters. The number of rotatable bonds is 4. The van der Waals surface area contributed by atoms with Gasteiger partial charge in [-0.25, -0.2) is 9.35 Å². The minimum absolute atomic E-state index is 0.271. The van der Waals surface area contributed by atoms with E-state index >= 15 is 0 Å². The van der Waals surface area contributed by atoms with Crippen molar-refractivity contribution in [3.05, 3.63) is 30.9 Å². The highest BCUT2D eigenvalue weighted by Crippen LogP contribution is 2.46.